The standard InChI is InChI=1S/C22H30N2O3S/c1-3-18-8-7-9-19(13-18)14-22(27)24(10-5-4-6-11-25)23-20(15-26)21-12-17(2)16-28-21/h7-9,11-13,16,20,23,26H,3-6,10,14-15H2,1-2H3/t20-/m1/s1. The van der Waals surface area contributed by atoms with Crippen LogP contribution in [-0.2, 0) is 22.4 Å². The maximum Gasteiger partial charge on any atom is 0.241 e. The lowest BCUT2D eigenvalue weighted by molar-refractivity contribution is -0.134. The Hall–Kier alpha value is -2.02. The SMILES string of the molecule is CCc1cccc(CC(=O)N(CCCCC=O)N[C@H](CO)c2cc(C)cs2)c1. The fourth-order valence-corrected chi connectivity index (χ4v) is 3.94. The number of hydrogen-bond donors (Lipinski definition) is 2. The van der Waals surface area contributed by atoms with Crippen LogP contribution in [0.4, 0.5) is 0 Å². The molecule has 0 aliphatic heterocycles. The van der Waals surface area contributed by atoms with Gasteiger partial charge in [0, 0.05) is 17.8 Å². The van der Waals surface area contributed by atoms with Crippen LogP contribution in [0.5, 0.6) is 0 Å². The van der Waals surface area contributed by atoms with Crippen LogP contribution in [0.1, 0.15) is 53.8 Å². The summed E-state index contributed by atoms with van der Waals surface area (Å²) in [5.41, 5.74) is 6.54. The van der Waals surface area contributed by atoms with E-state index in [0.29, 0.717) is 19.4 Å². The Morgan fingerprint density at radius 2 is 2.07 bits per heavy atom. The van der Waals surface area contributed by atoms with E-state index in [9.17, 15) is 14.7 Å². The maximum absolute atomic E-state index is 13.0. The minimum Gasteiger partial charge on any atom is -0.394 e. The number of hydrazine groups is 1. The van der Waals surface area contributed by atoms with Crippen LogP contribution in [0.25, 0.3) is 0 Å². The largest absolute Gasteiger partial charge is 0.394 e. The summed E-state index contributed by atoms with van der Waals surface area (Å²) in [7, 11) is 0. The fourth-order valence-electron chi connectivity index (χ4n) is 3.01. The van der Waals surface area contributed by atoms with Gasteiger partial charge in [-0.25, -0.2) is 5.43 Å². The van der Waals surface area contributed by atoms with E-state index in [0.717, 1.165) is 41.6 Å². The van der Waals surface area contributed by atoms with E-state index in [1.807, 2.05) is 30.5 Å². The number of nitrogens with zero attached hydrogens (tertiary/aromatic N) is 1. The van der Waals surface area contributed by atoms with Gasteiger partial charge in [0.25, 0.3) is 0 Å². The van der Waals surface area contributed by atoms with Gasteiger partial charge in [0.1, 0.15) is 6.29 Å². The van der Waals surface area contributed by atoms with Gasteiger partial charge in [0.15, 0.2) is 0 Å². The number of aliphatic hydroxyl groups is 1. The smallest absolute Gasteiger partial charge is 0.241 e. The van der Waals surface area contributed by atoms with Gasteiger partial charge >= 0.3 is 0 Å². The third-order valence-electron chi connectivity index (χ3n) is 4.60. The van der Waals surface area contributed by atoms with Crippen LogP contribution >= 0.6 is 11.3 Å². The summed E-state index contributed by atoms with van der Waals surface area (Å²) >= 11 is 1.57. The van der Waals surface area contributed by atoms with Gasteiger partial charge in [0.2, 0.25) is 5.91 Å². The van der Waals surface area contributed by atoms with E-state index >= 15 is 0 Å². The van der Waals surface area contributed by atoms with Gasteiger partial charge in [-0.05, 0) is 54.3 Å². The highest BCUT2D eigenvalue weighted by Crippen LogP contribution is 2.22. The van der Waals surface area contributed by atoms with E-state index < -0.39 is 0 Å². The first-order valence-corrected chi connectivity index (χ1v) is 10.7. The average Bonchev–Trinajstić information content (AvgIpc) is 3.13. The molecule has 6 heteroatoms. The molecule has 0 saturated heterocycles. The Morgan fingerprint density at radius 1 is 1.29 bits per heavy atom. The monoisotopic (exact) mass is 402 g/mol. The number of carbonyl (C=O) groups excluding carboxylic acids is 2. The van der Waals surface area contributed by atoms with Crippen molar-refractivity contribution in [3.05, 3.63) is 57.3 Å². The fraction of sp³-hybridized carbons (Fsp3) is 0.455. The lowest BCUT2D eigenvalue weighted by Crippen LogP contribution is -2.46. The van der Waals surface area contributed by atoms with Crippen molar-refractivity contribution >= 4 is 23.5 Å². The van der Waals surface area contributed by atoms with Gasteiger partial charge in [-0.15, -0.1) is 11.3 Å². The molecule has 1 aromatic carbocycles. The van der Waals surface area contributed by atoms with Crippen LogP contribution in [0.2, 0.25) is 0 Å². The first-order valence-electron chi connectivity index (χ1n) is 9.81. The predicted molar refractivity (Wildman–Crippen MR) is 113 cm³/mol. The van der Waals surface area contributed by atoms with E-state index in [1.54, 1.807) is 16.3 Å². The number of nitrogens with one attached hydrogen (secondary N) is 1. The zero-order valence-corrected chi connectivity index (χ0v) is 17.5. The summed E-state index contributed by atoms with van der Waals surface area (Å²) < 4.78 is 0. The summed E-state index contributed by atoms with van der Waals surface area (Å²) in [6.07, 6.45) is 4.10. The second kappa shape index (κ2) is 11.7. The highest BCUT2D eigenvalue weighted by atomic mass is 32.1. The van der Waals surface area contributed by atoms with Crippen molar-refractivity contribution in [1.82, 2.24) is 10.4 Å². The minimum atomic E-state index is -0.323. The van der Waals surface area contributed by atoms with E-state index in [2.05, 4.69) is 24.5 Å². The highest BCUT2D eigenvalue weighted by molar-refractivity contribution is 7.10. The van der Waals surface area contributed by atoms with Crippen molar-refractivity contribution in [3.63, 3.8) is 0 Å². The van der Waals surface area contributed by atoms with Gasteiger partial charge in [-0.2, -0.15) is 0 Å². The zero-order valence-electron chi connectivity index (χ0n) is 16.7. The molecule has 28 heavy (non-hydrogen) atoms. The second-order valence-corrected chi connectivity index (χ2v) is 7.89. The topological polar surface area (TPSA) is 69.6 Å². The molecule has 2 aromatic rings. The molecule has 2 rings (SSSR count). The Kier molecular flexibility index (Phi) is 9.34. The molecule has 1 aromatic heterocycles. The maximum atomic E-state index is 13.0. The Labute approximate surface area is 171 Å². The molecule has 5 nitrogen and oxygen atoms in total. The van der Waals surface area contributed by atoms with Crippen LogP contribution in [-0.4, -0.2) is 35.5 Å². The Morgan fingerprint density at radius 3 is 2.71 bits per heavy atom. The number of unbranched alkanes of at least 4 members (excludes halogenated alkanes) is 2. The minimum absolute atomic E-state index is 0.0360. The number of rotatable bonds is 12. The van der Waals surface area contributed by atoms with Crippen molar-refractivity contribution in [3.8, 4) is 0 Å². The van der Waals surface area contributed by atoms with Crippen LogP contribution in [0, 0.1) is 6.92 Å². The first-order chi connectivity index (χ1) is 13.6. The van der Waals surface area contributed by atoms with Gasteiger partial charge < -0.3 is 9.90 Å². The third kappa shape index (κ3) is 6.86. The summed E-state index contributed by atoms with van der Waals surface area (Å²) in [6, 6.07) is 9.77. The molecule has 1 atom stereocenters. The normalized spacial score (nSPS) is 12.0. The number of thiophene rings is 1. The van der Waals surface area contributed by atoms with E-state index in [-0.39, 0.29) is 18.6 Å². The molecule has 2 N–H and O–H groups in total. The Bertz CT molecular complexity index is 760. The highest BCUT2D eigenvalue weighted by Gasteiger charge is 2.20. The number of aldehydes is 1. The predicted octanol–water partition coefficient (Wildman–Crippen LogP) is 3.60. The molecule has 0 fully saturated rings. The quantitative estimate of drug-likeness (QED) is 0.323. The number of aliphatic hydroxyl groups excluding tert-OH is 1. The molecule has 0 saturated carbocycles. The molecule has 0 aliphatic rings. The molecule has 1 heterocycles. The molecule has 152 valence electrons. The number of carbonyl (C=O) groups is 2. The lowest BCUT2D eigenvalue weighted by Gasteiger charge is -2.28. The third-order valence-corrected chi connectivity index (χ3v) is 5.76. The molecular formula is C22H30N2O3S. The van der Waals surface area contributed by atoms with Gasteiger partial charge in [-0.3, -0.25) is 9.80 Å². The van der Waals surface area contributed by atoms with Gasteiger partial charge in [0.05, 0.1) is 19.1 Å². The first kappa shape index (κ1) is 22.3. The number of aryl methyl sites for hydroxylation is 2. The molecule has 0 unspecified atom stereocenters. The average molecular weight is 403 g/mol. The number of amides is 1. The summed E-state index contributed by atoms with van der Waals surface area (Å²) in [5.74, 6) is -0.0360. The second-order valence-electron chi connectivity index (χ2n) is 6.95. The van der Waals surface area contributed by atoms with Crippen LogP contribution in [0.3, 0.4) is 0 Å². The lowest BCUT2D eigenvalue weighted by atomic mass is 10.1. The van der Waals surface area contributed by atoms with E-state index in [1.165, 1.54) is 5.56 Å². The summed E-state index contributed by atoms with van der Waals surface area (Å²) in [6.45, 7) is 4.51. The van der Waals surface area contributed by atoms with E-state index in [4.69, 9.17) is 0 Å². The van der Waals surface area contributed by atoms with Crippen molar-refractivity contribution in [2.75, 3.05) is 13.2 Å². The van der Waals surface area contributed by atoms with Gasteiger partial charge in [-0.1, -0.05) is 31.2 Å². The summed E-state index contributed by atoms with van der Waals surface area (Å²) in [4.78, 5) is 24.5. The Balaban J connectivity index is 2.09. The zero-order chi connectivity index (χ0) is 20.4. The van der Waals surface area contributed by atoms with Crippen LogP contribution in [0.15, 0.2) is 35.7 Å². The van der Waals surface area contributed by atoms with Crippen molar-refractivity contribution in [2.24, 2.45) is 0 Å². The number of hydrogen-bond acceptors (Lipinski definition) is 5. The van der Waals surface area contributed by atoms with Crippen molar-refractivity contribution < 1.29 is 14.7 Å². The summed E-state index contributed by atoms with van der Waals surface area (Å²) in [5, 5.41) is 13.5. The molecular weight excluding hydrogens is 372 g/mol. The van der Waals surface area contributed by atoms with Crippen LogP contribution < -0.4 is 5.43 Å². The molecule has 1 amide bonds. The molecule has 0 radical (unpaired) electrons. The number of benzene rings is 1. The van der Waals surface area contributed by atoms with Crippen molar-refractivity contribution in [2.45, 2.75) is 52.0 Å². The molecule has 0 bridgehead atoms. The molecule has 0 spiro atoms. The van der Waals surface area contributed by atoms with Crippen molar-refractivity contribution in [1.29, 1.82) is 0 Å². The molecule has 0 aliphatic carbocycles.